The largest absolute Gasteiger partial charge is 0.317 e. The number of halogens is 1. The van der Waals surface area contributed by atoms with Gasteiger partial charge in [-0.25, -0.2) is 0 Å². The monoisotopic (exact) mass is 217 g/mol. The molecular formula is C12H24ClN. The van der Waals surface area contributed by atoms with E-state index in [-0.39, 0.29) is 12.4 Å². The van der Waals surface area contributed by atoms with Gasteiger partial charge in [0.05, 0.1) is 0 Å². The minimum Gasteiger partial charge on any atom is -0.317 e. The summed E-state index contributed by atoms with van der Waals surface area (Å²) in [5, 5.41) is 3.50. The van der Waals surface area contributed by atoms with E-state index in [4.69, 9.17) is 0 Å². The molecule has 1 aliphatic heterocycles. The Morgan fingerprint density at radius 3 is 2.21 bits per heavy atom. The zero-order valence-electron chi connectivity index (χ0n) is 9.13. The number of hydrogen-bond acceptors (Lipinski definition) is 1. The van der Waals surface area contributed by atoms with Gasteiger partial charge in [-0.05, 0) is 50.6 Å². The molecular weight excluding hydrogens is 194 g/mol. The van der Waals surface area contributed by atoms with E-state index >= 15 is 0 Å². The van der Waals surface area contributed by atoms with Gasteiger partial charge in [-0.3, -0.25) is 0 Å². The van der Waals surface area contributed by atoms with E-state index in [1.54, 1.807) is 6.42 Å². The van der Waals surface area contributed by atoms with E-state index in [2.05, 4.69) is 5.32 Å². The molecule has 0 spiro atoms. The summed E-state index contributed by atoms with van der Waals surface area (Å²) in [6.45, 7) is 2.54. The summed E-state index contributed by atoms with van der Waals surface area (Å²) >= 11 is 0. The first kappa shape index (κ1) is 12.3. The molecule has 1 aliphatic carbocycles. The fourth-order valence-electron chi connectivity index (χ4n) is 3.04. The van der Waals surface area contributed by atoms with Gasteiger partial charge in [-0.15, -0.1) is 12.4 Å². The van der Waals surface area contributed by atoms with Gasteiger partial charge in [-0.2, -0.15) is 0 Å². The maximum absolute atomic E-state index is 3.50. The maximum Gasteiger partial charge on any atom is -0.00463 e. The highest BCUT2D eigenvalue weighted by atomic mass is 35.5. The average molecular weight is 218 g/mol. The van der Waals surface area contributed by atoms with Crippen LogP contribution in [0.5, 0.6) is 0 Å². The molecule has 1 nitrogen and oxygen atoms in total. The van der Waals surface area contributed by atoms with Crippen molar-refractivity contribution in [1.82, 2.24) is 5.32 Å². The van der Waals surface area contributed by atoms with Crippen LogP contribution in [0.3, 0.4) is 0 Å². The number of rotatable bonds is 2. The third-order valence-electron chi connectivity index (χ3n) is 3.84. The number of nitrogens with one attached hydrogen (secondary N) is 1. The molecule has 14 heavy (non-hydrogen) atoms. The second-order valence-corrected chi connectivity index (χ2v) is 4.93. The molecule has 0 aromatic heterocycles. The zero-order valence-corrected chi connectivity index (χ0v) is 9.95. The molecule has 0 aromatic rings. The average Bonchev–Trinajstić information content (AvgIpc) is 2.49. The first-order valence-electron chi connectivity index (χ1n) is 6.16. The summed E-state index contributed by atoms with van der Waals surface area (Å²) in [6, 6.07) is 0. The molecule has 2 aliphatic rings. The van der Waals surface area contributed by atoms with Crippen molar-refractivity contribution in [3.05, 3.63) is 0 Å². The van der Waals surface area contributed by atoms with Gasteiger partial charge in [0.1, 0.15) is 0 Å². The van der Waals surface area contributed by atoms with Crippen molar-refractivity contribution in [2.45, 2.75) is 51.4 Å². The summed E-state index contributed by atoms with van der Waals surface area (Å²) < 4.78 is 0. The first-order valence-corrected chi connectivity index (χ1v) is 6.16. The summed E-state index contributed by atoms with van der Waals surface area (Å²) in [7, 11) is 0. The van der Waals surface area contributed by atoms with Crippen LogP contribution in [0.1, 0.15) is 51.4 Å². The molecule has 1 saturated heterocycles. The van der Waals surface area contributed by atoms with E-state index in [0.717, 1.165) is 11.8 Å². The molecule has 0 radical (unpaired) electrons. The van der Waals surface area contributed by atoms with Crippen LogP contribution in [0.25, 0.3) is 0 Å². The smallest absolute Gasteiger partial charge is 0.00463 e. The van der Waals surface area contributed by atoms with Crippen molar-refractivity contribution >= 4 is 12.4 Å². The maximum atomic E-state index is 3.50. The van der Waals surface area contributed by atoms with Crippen molar-refractivity contribution in [1.29, 1.82) is 0 Å². The van der Waals surface area contributed by atoms with E-state index < -0.39 is 0 Å². The van der Waals surface area contributed by atoms with Crippen molar-refractivity contribution in [3.63, 3.8) is 0 Å². The van der Waals surface area contributed by atoms with E-state index in [0.29, 0.717) is 0 Å². The lowest BCUT2D eigenvalue weighted by atomic mass is 9.88. The van der Waals surface area contributed by atoms with Crippen LogP contribution in [0.2, 0.25) is 0 Å². The minimum atomic E-state index is 0. The van der Waals surface area contributed by atoms with Crippen LogP contribution in [-0.4, -0.2) is 13.1 Å². The minimum absolute atomic E-state index is 0. The molecule has 2 heteroatoms. The van der Waals surface area contributed by atoms with Gasteiger partial charge < -0.3 is 5.32 Å². The summed E-state index contributed by atoms with van der Waals surface area (Å²) in [4.78, 5) is 0. The Labute approximate surface area is 94.4 Å². The molecule has 1 unspecified atom stereocenters. The molecule has 1 atom stereocenters. The van der Waals surface area contributed by atoms with Gasteiger partial charge in [0.15, 0.2) is 0 Å². The Kier molecular flexibility index (Phi) is 5.88. The van der Waals surface area contributed by atoms with Gasteiger partial charge >= 0.3 is 0 Å². The molecule has 0 aromatic carbocycles. The standard InChI is InChI=1S/C12H23N.ClH/c1-2-5-11(4-1)10-12-6-3-8-13-9-7-12;/h11-13H,1-10H2;1H. The van der Waals surface area contributed by atoms with Crippen molar-refractivity contribution in [2.75, 3.05) is 13.1 Å². The summed E-state index contributed by atoms with van der Waals surface area (Å²) in [5.41, 5.74) is 0. The van der Waals surface area contributed by atoms with E-state index in [9.17, 15) is 0 Å². The van der Waals surface area contributed by atoms with Crippen LogP contribution >= 0.6 is 12.4 Å². The second kappa shape index (κ2) is 6.68. The van der Waals surface area contributed by atoms with Gasteiger partial charge in [0, 0.05) is 0 Å². The first-order chi connectivity index (χ1) is 6.45. The third-order valence-corrected chi connectivity index (χ3v) is 3.84. The Morgan fingerprint density at radius 1 is 0.786 bits per heavy atom. The Hall–Kier alpha value is 0.250. The molecule has 1 heterocycles. The molecule has 1 saturated carbocycles. The Morgan fingerprint density at radius 2 is 1.43 bits per heavy atom. The van der Waals surface area contributed by atoms with Gasteiger partial charge in [0.2, 0.25) is 0 Å². The summed E-state index contributed by atoms with van der Waals surface area (Å²) in [5.74, 6) is 2.15. The van der Waals surface area contributed by atoms with E-state index in [1.165, 1.54) is 58.0 Å². The predicted octanol–water partition coefficient (Wildman–Crippen LogP) is 3.38. The van der Waals surface area contributed by atoms with Crippen molar-refractivity contribution in [3.8, 4) is 0 Å². The molecule has 1 N–H and O–H groups in total. The predicted molar refractivity (Wildman–Crippen MR) is 64.0 cm³/mol. The van der Waals surface area contributed by atoms with E-state index in [1.807, 2.05) is 0 Å². The van der Waals surface area contributed by atoms with Gasteiger partial charge in [-0.1, -0.05) is 25.7 Å². The van der Waals surface area contributed by atoms with Gasteiger partial charge in [0.25, 0.3) is 0 Å². The molecule has 0 bridgehead atoms. The van der Waals surface area contributed by atoms with Crippen molar-refractivity contribution < 1.29 is 0 Å². The van der Waals surface area contributed by atoms with Crippen molar-refractivity contribution in [2.24, 2.45) is 11.8 Å². The third kappa shape index (κ3) is 3.78. The van der Waals surface area contributed by atoms with Crippen LogP contribution in [-0.2, 0) is 0 Å². The molecule has 0 amide bonds. The SMILES string of the molecule is C1CCC(CC2CCCNCC2)C1.Cl. The van der Waals surface area contributed by atoms with Crippen LogP contribution in [0.4, 0.5) is 0 Å². The topological polar surface area (TPSA) is 12.0 Å². The quantitative estimate of drug-likeness (QED) is 0.748. The second-order valence-electron chi connectivity index (χ2n) is 4.93. The lowest BCUT2D eigenvalue weighted by Gasteiger charge is -2.17. The zero-order chi connectivity index (χ0) is 8.93. The Balaban J connectivity index is 0.000000980. The lowest BCUT2D eigenvalue weighted by Crippen LogP contribution is -2.14. The summed E-state index contributed by atoms with van der Waals surface area (Å²) in [6.07, 6.45) is 12.0. The molecule has 2 fully saturated rings. The highest BCUT2D eigenvalue weighted by Gasteiger charge is 2.20. The van der Waals surface area contributed by atoms with Crippen LogP contribution < -0.4 is 5.32 Å². The number of hydrogen-bond donors (Lipinski definition) is 1. The molecule has 84 valence electrons. The highest BCUT2D eigenvalue weighted by molar-refractivity contribution is 5.85. The molecule has 2 rings (SSSR count). The normalized spacial score (nSPS) is 29.6. The lowest BCUT2D eigenvalue weighted by molar-refractivity contribution is 0.349. The fourth-order valence-corrected chi connectivity index (χ4v) is 3.04. The Bertz CT molecular complexity index is 135. The van der Waals surface area contributed by atoms with Crippen LogP contribution in [0.15, 0.2) is 0 Å². The highest BCUT2D eigenvalue weighted by Crippen LogP contribution is 2.33. The fraction of sp³-hybridized carbons (Fsp3) is 1.00. The van der Waals surface area contributed by atoms with Crippen LogP contribution in [0, 0.1) is 11.8 Å².